The summed E-state index contributed by atoms with van der Waals surface area (Å²) in [6.07, 6.45) is 3.45. The Kier molecular flexibility index (Phi) is 5.01. The summed E-state index contributed by atoms with van der Waals surface area (Å²) in [4.78, 5) is 13.1. The summed E-state index contributed by atoms with van der Waals surface area (Å²) in [6.45, 7) is 4.47. The molecule has 0 spiro atoms. The van der Waals surface area contributed by atoms with Crippen LogP contribution < -0.4 is 14.8 Å². The van der Waals surface area contributed by atoms with Crippen molar-refractivity contribution in [3.63, 3.8) is 0 Å². The predicted octanol–water partition coefficient (Wildman–Crippen LogP) is 5.27. The molecule has 0 aliphatic rings. The fourth-order valence-electron chi connectivity index (χ4n) is 2.84. The summed E-state index contributed by atoms with van der Waals surface area (Å²) in [5.41, 5.74) is 3.35. The van der Waals surface area contributed by atoms with E-state index in [9.17, 15) is 0 Å². The van der Waals surface area contributed by atoms with Gasteiger partial charge in [-0.3, -0.25) is 0 Å². The molecule has 0 radical (unpaired) electrons. The van der Waals surface area contributed by atoms with Crippen LogP contribution in [-0.2, 0) is 0 Å². The maximum Gasteiger partial charge on any atom is 0.219 e. The Morgan fingerprint density at radius 1 is 0.964 bits per heavy atom. The van der Waals surface area contributed by atoms with Crippen molar-refractivity contribution in [1.29, 1.82) is 0 Å². The van der Waals surface area contributed by atoms with Crippen LogP contribution in [0.15, 0.2) is 67.0 Å². The van der Waals surface area contributed by atoms with Crippen molar-refractivity contribution in [2.45, 2.75) is 13.8 Å². The second-order valence-corrected chi connectivity index (χ2v) is 6.15. The SMILES string of the molecule is CCOc1cc2c(Nc3ccc(Oc4ccccn4)cc3)ccnc2nc1C. The maximum atomic E-state index is 5.73. The monoisotopic (exact) mass is 372 g/mol. The van der Waals surface area contributed by atoms with Gasteiger partial charge in [0, 0.05) is 29.5 Å². The third-order valence-electron chi connectivity index (χ3n) is 4.17. The quantitative estimate of drug-likeness (QED) is 0.497. The molecule has 0 fully saturated rings. The lowest BCUT2D eigenvalue weighted by Gasteiger charge is -2.12. The van der Waals surface area contributed by atoms with Crippen LogP contribution in [0.2, 0.25) is 0 Å². The average Bonchev–Trinajstić information content (AvgIpc) is 2.71. The number of fused-ring (bicyclic) bond motifs is 1. The van der Waals surface area contributed by atoms with Crippen LogP contribution in [0.3, 0.4) is 0 Å². The van der Waals surface area contributed by atoms with Gasteiger partial charge in [0.1, 0.15) is 11.5 Å². The van der Waals surface area contributed by atoms with Gasteiger partial charge in [0.2, 0.25) is 5.88 Å². The van der Waals surface area contributed by atoms with Crippen LogP contribution in [0, 0.1) is 6.92 Å². The van der Waals surface area contributed by atoms with E-state index in [4.69, 9.17) is 9.47 Å². The van der Waals surface area contributed by atoms with Crippen molar-refractivity contribution in [2.75, 3.05) is 11.9 Å². The molecular weight excluding hydrogens is 352 g/mol. The average molecular weight is 372 g/mol. The zero-order chi connectivity index (χ0) is 19.3. The lowest BCUT2D eigenvalue weighted by atomic mass is 10.2. The van der Waals surface area contributed by atoms with E-state index in [1.807, 2.05) is 68.4 Å². The first-order valence-electron chi connectivity index (χ1n) is 9.08. The Hall–Kier alpha value is -3.67. The van der Waals surface area contributed by atoms with Crippen LogP contribution in [-0.4, -0.2) is 21.6 Å². The summed E-state index contributed by atoms with van der Waals surface area (Å²) in [5, 5.41) is 4.33. The Labute approximate surface area is 163 Å². The molecule has 0 atom stereocenters. The second-order valence-electron chi connectivity index (χ2n) is 6.15. The molecule has 4 rings (SSSR count). The molecule has 6 nitrogen and oxygen atoms in total. The topological polar surface area (TPSA) is 69.2 Å². The molecule has 3 heterocycles. The molecule has 140 valence electrons. The van der Waals surface area contributed by atoms with Crippen molar-refractivity contribution in [1.82, 2.24) is 15.0 Å². The van der Waals surface area contributed by atoms with Crippen molar-refractivity contribution in [2.24, 2.45) is 0 Å². The number of benzene rings is 1. The number of pyridine rings is 3. The third-order valence-corrected chi connectivity index (χ3v) is 4.17. The standard InChI is InChI=1S/C22H20N4O2/c1-3-27-20-14-18-19(11-13-24-22(18)25-15(20)2)26-16-7-9-17(10-8-16)28-21-6-4-5-12-23-21/h4-14H,3H2,1-2H3,(H,24,25,26). The molecule has 1 aromatic carbocycles. The van der Waals surface area contributed by atoms with Crippen molar-refractivity contribution in [3.05, 3.63) is 72.7 Å². The minimum absolute atomic E-state index is 0.563. The maximum absolute atomic E-state index is 5.73. The Morgan fingerprint density at radius 3 is 2.57 bits per heavy atom. The van der Waals surface area contributed by atoms with Gasteiger partial charge in [-0.05, 0) is 56.3 Å². The normalized spacial score (nSPS) is 10.6. The summed E-state index contributed by atoms with van der Waals surface area (Å²) in [5.74, 6) is 2.05. The first kappa shape index (κ1) is 17.7. The van der Waals surface area contributed by atoms with E-state index in [1.165, 1.54) is 0 Å². The highest BCUT2D eigenvalue weighted by atomic mass is 16.5. The molecule has 0 saturated heterocycles. The van der Waals surface area contributed by atoms with Crippen LogP contribution in [0.4, 0.5) is 11.4 Å². The van der Waals surface area contributed by atoms with Gasteiger partial charge in [-0.15, -0.1) is 0 Å². The predicted molar refractivity (Wildman–Crippen MR) is 109 cm³/mol. The zero-order valence-electron chi connectivity index (χ0n) is 15.7. The molecule has 0 amide bonds. The summed E-state index contributed by atoms with van der Waals surface area (Å²) in [7, 11) is 0. The summed E-state index contributed by atoms with van der Waals surface area (Å²) >= 11 is 0. The molecule has 0 saturated carbocycles. The molecular formula is C22H20N4O2. The molecule has 1 N–H and O–H groups in total. The van der Waals surface area contributed by atoms with Crippen LogP contribution in [0.1, 0.15) is 12.6 Å². The third kappa shape index (κ3) is 3.86. The van der Waals surface area contributed by atoms with Crippen molar-refractivity contribution >= 4 is 22.4 Å². The van der Waals surface area contributed by atoms with E-state index >= 15 is 0 Å². The lowest BCUT2D eigenvalue weighted by Crippen LogP contribution is -1.99. The van der Waals surface area contributed by atoms with Gasteiger partial charge < -0.3 is 14.8 Å². The number of rotatable bonds is 6. The van der Waals surface area contributed by atoms with Crippen molar-refractivity contribution < 1.29 is 9.47 Å². The largest absolute Gasteiger partial charge is 0.492 e. The minimum Gasteiger partial charge on any atom is -0.492 e. The Morgan fingerprint density at radius 2 is 1.82 bits per heavy atom. The van der Waals surface area contributed by atoms with Crippen LogP contribution in [0.25, 0.3) is 11.0 Å². The fraction of sp³-hybridized carbons (Fsp3) is 0.136. The number of aryl methyl sites for hydroxylation is 1. The number of anilines is 2. The second kappa shape index (κ2) is 7.92. The number of hydrogen-bond acceptors (Lipinski definition) is 6. The van der Waals surface area contributed by atoms with Crippen LogP contribution >= 0.6 is 0 Å². The van der Waals surface area contributed by atoms with E-state index in [2.05, 4.69) is 20.3 Å². The highest BCUT2D eigenvalue weighted by Gasteiger charge is 2.09. The molecule has 0 bridgehead atoms. The lowest BCUT2D eigenvalue weighted by molar-refractivity contribution is 0.337. The number of nitrogens with one attached hydrogen (secondary N) is 1. The van der Waals surface area contributed by atoms with Gasteiger partial charge in [0.25, 0.3) is 0 Å². The van der Waals surface area contributed by atoms with E-state index < -0.39 is 0 Å². The van der Waals surface area contributed by atoms with Gasteiger partial charge in [-0.1, -0.05) is 6.07 Å². The van der Waals surface area contributed by atoms with E-state index in [0.29, 0.717) is 18.1 Å². The summed E-state index contributed by atoms with van der Waals surface area (Å²) < 4.78 is 11.4. The van der Waals surface area contributed by atoms with Gasteiger partial charge >= 0.3 is 0 Å². The Bertz CT molecular complexity index is 1080. The highest BCUT2D eigenvalue weighted by Crippen LogP contribution is 2.30. The van der Waals surface area contributed by atoms with Gasteiger partial charge in [0.15, 0.2) is 5.65 Å². The fourth-order valence-corrected chi connectivity index (χ4v) is 2.84. The molecule has 28 heavy (non-hydrogen) atoms. The zero-order valence-corrected chi connectivity index (χ0v) is 15.7. The highest BCUT2D eigenvalue weighted by molar-refractivity contribution is 5.91. The molecule has 4 aromatic rings. The van der Waals surface area contributed by atoms with E-state index in [0.717, 1.165) is 34.0 Å². The summed E-state index contributed by atoms with van der Waals surface area (Å²) in [6, 6.07) is 17.2. The van der Waals surface area contributed by atoms with Gasteiger partial charge in [0.05, 0.1) is 18.0 Å². The molecule has 6 heteroatoms. The van der Waals surface area contributed by atoms with Gasteiger partial charge in [-0.2, -0.15) is 0 Å². The van der Waals surface area contributed by atoms with Crippen LogP contribution in [0.5, 0.6) is 17.4 Å². The van der Waals surface area contributed by atoms with E-state index in [1.54, 1.807) is 12.4 Å². The minimum atomic E-state index is 0.563. The van der Waals surface area contributed by atoms with Crippen molar-refractivity contribution in [3.8, 4) is 17.4 Å². The first-order chi connectivity index (χ1) is 13.7. The molecule has 0 unspecified atom stereocenters. The number of ether oxygens (including phenoxy) is 2. The Balaban J connectivity index is 1.58. The smallest absolute Gasteiger partial charge is 0.219 e. The van der Waals surface area contributed by atoms with E-state index in [-0.39, 0.29) is 0 Å². The number of hydrogen-bond donors (Lipinski definition) is 1. The molecule has 0 aliphatic carbocycles. The van der Waals surface area contributed by atoms with Gasteiger partial charge in [-0.25, -0.2) is 15.0 Å². The number of aromatic nitrogens is 3. The molecule has 0 aliphatic heterocycles. The first-order valence-corrected chi connectivity index (χ1v) is 9.08. The number of nitrogens with zero attached hydrogens (tertiary/aromatic N) is 3. The molecule has 3 aromatic heterocycles.